The summed E-state index contributed by atoms with van der Waals surface area (Å²) in [7, 11) is -3.78. The van der Waals surface area contributed by atoms with E-state index < -0.39 is 10.0 Å². The van der Waals surface area contributed by atoms with Gasteiger partial charge in [0.1, 0.15) is 0 Å². The molecule has 1 amide bonds. The first-order chi connectivity index (χ1) is 12.5. The number of benzene rings is 2. The van der Waals surface area contributed by atoms with Crippen LogP contribution in [0.15, 0.2) is 53.4 Å². The third kappa shape index (κ3) is 5.57. The van der Waals surface area contributed by atoms with Crippen LogP contribution in [0.1, 0.15) is 57.0 Å². The third-order valence-corrected chi connectivity index (χ3v) is 5.78. The fourth-order valence-corrected chi connectivity index (χ4v) is 3.57. The molecular weight excluding hydrogens is 360 g/mol. The summed E-state index contributed by atoms with van der Waals surface area (Å²) in [5.41, 5.74) is 1.92. The Bertz CT molecular complexity index is 898. The minimum Gasteiger partial charge on any atom is -0.350 e. The lowest BCUT2D eigenvalue weighted by molar-refractivity contribution is 0.0939. The van der Waals surface area contributed by atoms with Crippen molar-refractivity contribution in [2.75, 3.05) is 4.72 Å². The number of carbonyl (C=O) groups excluding carboxylic acids is 1. The van der Waals surface area contributed by atoms with E-state index in [1.807, 2.05) is 26.0 Å². The minimum atomic E-state index is -3.78. The van der Waals surface area contributed by atoms with Crippen molar-refractivity contribution in [2.45, 2.75) is 57.4 Å². The van der Waals surface area contributed by atoms with E-state index in [2.05, 4.69) is 30.8 Å². The molecule has 0 saturated heterocycles. The van der Waals surface area contributed by atoms with Gasteiger partial charge in [-0.2, -0.15) is 0 Å². The highest BCUT2D eigenvalue weighted by Crippen LogP contribution is 2.24. The zero-order valence-electron chi connectivity index (χ0n) is 16.5. The van der Waals surface area contributed by atoms with Crippen molar-refractivity contribution < 1.29 is 13.2 Å². The number of rotatable bonds is 6. The number of anilines is 1. The molecule has 2 rings (SSSR count). The Morgan fingerprint density at radius 3 is 2.26 bits per heavy atom. The van der Waals surface area contributed by atoms with Crippen LogP contribution in [0.4, 0.5) is 5.69 Å². The molecule has 6 heteroatoms. The highest BCUT2D eigenvalue weighted by atomic mass is 32.2. The highest BCUT2D eigenvalue weighted by Gasteiger charge is 2.18. The molecule has 0 radical (unpaired) electrons. The molecule has 2 aromatic rings. The largest absolute Gasteiger partial charge is 0.350 e. The number of nitrogens with one attached hydrogen (secondary N) is 2. The summed E-state index contributed by atoms with van der Waals surface area (Å²) in [5, 5.41) is 2.84. The van der Waals surface area contributed by atoms with E-state index >= 15 is 0 Å². The molecule has 0 saturated carbocycles. The minimum absolute atomic E-state index is 0.00523. The van der Waals surface area contributed by atoms with E-state index in [4.69, 9.17) is 0 Å². The number of hydrogen-bond acceptors (Lipinski definition) is 3. The van der Waals surface area contributed by atoms with Crippen LogP contribution in [-0.4, -0.2) is 20.4 Å². The maximum absolute atomic E-state index is 12.7. The lowest BCUT2D eigenvalue weighted by atomic mass is 9.87. The number of amides is 1. The summed E-state index contributed by atoms with van der Waals surface area (Å²) < 4.78 is 28.0. The Kier molecular flexibility index (Phi) is 6.31. The van der Waals surface area contributed by atoms with Crippen LogP contribution in [0.25, 0.3) is 0 Å². The highest BCUT2D eigenvalue weighted by molar-refractivity contribution is 7.92. The predicted molar refractivity (Wildman–Crippen MR) is 110 cm³/mol. The normalized spacial score (nSPS) is 13.1. The molecule has 0 fully saturated rings. The van der Waals surface area contributed by atoms with Crippen LogP contribution in [0.2, 0.25) is 0 Å². The van der Waals surface area contributed by atoms with Gasteiger partial charge < -0.3 is 5.32 Å². The Balaban J connectivity index is 2.21. The average molecular weight is 389 g/mol. The van der Waals surface area contributed by atoms with Gasteiger partial charge in [0.05, 0.1) is 4.90 Å². The maximum Gasteiger partial charge on any atom is 0.261 e. The molecule has 0 aromatic heterocycles. The Morgan fingerprint density at radius 1 is 1.07 bits per heavy atom. The zero-order valence-corrected chi connectivity index (χ0v) is 17.4. The number of hydrogen-bond donors (Lipinski definition) is 2. The number of carbonyl (C=O) groups is 1. The average Bonchev–Trinajstić information content (AvgIpc) is 2.61. The monoisotopic (exact) mass is 388 g/mol. The van der Waals surface area contributed by atoms with Crippen molar-refractivity contribution in [1.29, 1.82) is 0 Å². The first kappa shape index (κ1) is 21.0. The van der Waals surface area contributed by atoms with Crippen molar-refractivity contribution >= 4 is 21.6 Å². The third-order valence-electron chi connectivity index (χ3n) is 4.40. The Morgan fingerprint density at radius 2 is 1.70 bits per heavy atom. The van der Waals surface area contributed by atoms with Crippen LogP contribution in [0, 0.1) is 0 Å². The van der Waals surface area contributed by atoms with Crippen molar-refractivity contribution in [3.8, 4) is 0 Å². The molecule has 5 nitrogen and oxygen atoms in total. The van der Waals surface area contributed by atoms with E-state index in [-0.39, 0.29) is 22.3 Å². The van der Waals surface area contributed by atoms with Crippen LogP contribution < -0.4 is 10.0 Å². The molecule has 2 aromatic carbocycles. The van der Waals surface area contributed by atoms with Crippen molar-refractivity contribution in [3.63, 3.8) is 0 Å². The summed E-state index contributed by atoms with van der Waals surface area (Å²) in [6.07, 6.45) is 0.801. The fourth-order valence-electron chi connectivity index (χ4n) is 2.47. The first-order valence-electron chi connectivity index (χ1n) is 9.07. The molecule has 1 unspecified atom stereocenters. The second-order valence-corrected chi connectivity index (χ2v) is 9.43. The molecule has 0 bridgehead atoms. The van der Waals surface area contributed by atoms with Gasteiger partial charge in [-0.15, -0.1) is 0 Å². The van der Waals surface area contributed by atoms with Crippen molar-refractivity contribution in [3.05, 3.63) is 59.7 Å². The van der Waals surface area contributed by atoms with Gasteiger partial charge in [0, 0.05) is 17.3 Å². The summed E-state index contributed by atoms with van der Waals surface area (Å²) in [6, 6.07) is 13.4. The summed E-state index contributed by atoms with van der Waals surface area (Å²) in [5.74, 6) is -0.282. The molecule has 0 spiro atoms. The van der Waals surface area contributed by atoms with Crippen LogP contribution >= 0.6 is 0 Å². The lowest BCUT2D eigenvalue weighted by Gasteiger charge is -2.19. The van der Waals surface area contributed by atoms with Gasteiger partial charge in [-0.3, -0.25) is 9.52 Å². The second kappa shape index (κ2) is 8.13. The van der Waals surface area contributed by atoms with Gasteiger partial charge in [0.2, 0.25) is 0 Å². The smallest absolute Gasteiger partial charge is 0.261 e. The predicted octanol–water partition coefficient (Wildman–Crippen LogP) is 4.31. The van der Waals surface area contributed by atoms with Gasteiger partial charge in [-0.1, -0.05) is 45.9 Å². The number of sulfonamides is 1. The van der Waals surface area contributed by atoms with Gasteiger partial charge in [-0.25, -0.2) is 8.42 Å². The zero-order chi connectivity index (χ0) is 20.2. The molecule has 27 heavy (non-hydrogen) atoms. The van der Waals surface area contributed by atoms with E-state index in [1.165, 1.54) is 12.1 Å². The quantitative estimate of drug-likeness (QED) is 0.774. The second-order valence-electron chi connectivity index (χ2n) is 7.74. The molecule has 2 N–H and O–H groups in total. The SMILES string of the molecule is CCC(C)NC(=O)c1cccc(S(=O)(=O)Nc2ccc(C(C)(C)C)cc2)c1. The lowest BCUT2D eigenvalue weighted by Crippen LogP contribution is -2.32. The molecular formula is C21H28N2O3S. The molecule has 0 aliphatic rings. The molecule has 0 aliphatic carbocycles. The Hall–Kier alpha value is -2.34. The van der Waals surface area contributed by atoms with Crippen molar-refractivity contribution in [2.24, 2.45) is 0 Å². The van der Waals surface area contributed by atoms with Crippen LogP contribution in [-0.2, 0) is 15.4 Å². The van der Waals surface area contributed by atoms with Gasteiger partial charge in [0.15, 0.2) is 0 Å². The van der Waals surface area contributed by atoms with E-state index in [9.17, 15) is 13.2 Å². The van der Waals surface area contributed by atoms with Gasteiger partial charge in [0.25, 0.3) is 15.9 Å². The van der Waals surface area contributed by atoms with Gasteiger partial charge >= 0.3 is 0 Å². The Labute approximate surface area is 162 Å². The van der Waals surface area contributed by atoms with E-state index in [1.54, 1.807) is 24.3 Å². The molecule has 0 heterocycles. The molecule has 0 aliphatic heterocycles. The van der Waals surface area contributed by atoms with Crippen LogP contribution in [0.3, 0.4) is 0 Å². The standard InChI is InChI=1S/C21H28N2O3S/c1-6-15(2)22-20(24)16-8-7-9-19(14-16)27(25,26)23-18-12-10-17(11-13-18)21(3,4)5/h7-15,23H,6H2,1-5H3,(H,22,24). The first-order valence-corrected chi connectivity index (χ1v) is 10.6. The van der Waals surface area contributed by atoms with E-state index in [0.29, 0.717) is 11.3 Å². The van der Waals surface area contributed by atoms with E-state index in [0.717, 1.165) is 12.0 Å². The van der Waals surface area contributed by atoms with Crippen LogP contribution in [0.5, 0.6) is 0 Å². The van der Waals surface area contributed by atoms with Crippen molar-refractivity contribution in [1.82, 2.24) is 5.32 Å². The molecule has 146 valence electrons. The summed E-state index contributed by atoms with van der Waals surface area (Å²) in [4.78, 5) is 12.3. The fraction of sp³-hybridized carbons (Fsp3) is 0.381. The summed E-state index contributed by atoms with van der Waals surface area (Å²) >= 11 is 0. The molecule has 1 atom stereocenters. The van der Waals surface area contributed by atoms with Gasteiger partial charge in [-0.05, 0) is 54.7 Å². The summed E-state index contributed by atoms with van der Waals surface area (Å²) in [6.45, 7) is 10.2. The topological polar surface area (TPSA) is 75.3 Å². The maximum atomic E-state index is 12.7.